The predicted octanol–water partition coefficient (Wildman–Crippen LogP) is 5.44. The molecule has 1 fully saturated rings. The molecular formula is C24H20FNO3S. The zero-order chi connectivity index (χ0) is 21.6. The predicted molar refractivity (Wildman–Crippen MR) is 116 cm³/mol. The van der Waals surface area contributed by atoms with Crippen molar-refractivity contribution in [1.82, 2.24) is 0 Å². The molecule has 0 saturated carbocycles. The van der Waals surface area contributed by atoms with Crippen molar-refractivity contribution in [3.8, 4) is 0 Å². The molecule has 1 aliphatic rings. The molecule has 3 aromatic rings. The number of benzene rings is 2. The first-order chi connectivity index (χ1) is 14.3. The van der Waals surface area contributed by atoms with Gasteiger partial charge in [-0.2, -0.15) is 0 Å². The Morgan fingerprint density at radius 2 is 1.77 bits per heavy atom. The second-order valence-corrected chi connectivity index (χ2v) is 8.36. The number of aliphatic hydroxyl groups excluding tert-OH is 1. The molecule has 6 heteroatoms. The van der Waals surface area contributed by atoms with E-state index in [1.807, 2.05) is 38.3 Å². The summed E-state index contributed by atoms with van der Waals surface area (Å²) in [5.41, 5.74) is 3.65. The number of aryl methyl sites for hydroxylation is 3. The van der Waals surface area contributed by atoms with Crippen molar-refractivity contribution in [3.63, 3.8) is 0 Å². The van der Waals surface area contributed by atoms with E-state index >= 15 is 0 Å². The maximum atomic E-state index is 13.9. The fourth-order valence-corrected chi connectivity index (χ4v) is 4.71. The van der Waals surface area contributed by atoms with Crippen LogP contribution in [0.15, 0.2) is 59.5 Å². The SMILES string of the molecule is Cc1ccc(/C(O)=C2/C(=O)C(=O)N(c3cccc(F)c3)C2c2sccc2C)cc1C. The summed E-state index contributed by atoms with van der Waals surface area (Å²) in [5.74, 6) is -2.31. The second kappa shape index (κ2) is 7.54. The number of carbonyl (C=O) groups is 2. The standard InChI is InChI=1S/C24H20FNO3S/c1-13-7-8-16(11-15(13)3)21(27)19-20(23-14(2)9-10-30-23)26(24(29)22(19)28)18-6-4-5-17(25)12-18/h4-12,20,27H,1-3H3/b21-19-. The molecule has 4 nitrogen and oxygen atoms in total. The number of ketones is 1. The van der Waals surface area contributed by atoms with Gasteiger partial charge in [-0.3, -0.25) is 14.5 Å². The molecule has 1 atom stereocenters. The second-order valence-electron chi connectivity index (χ2n) is 7.42. The average molecular weight is 421 g/mol. The Morgan fingerprint density at radius 1 is 1.00 bits per heavy atom. The van der Waals surface area contributed by atoms with Gasteiger partial charge in [-0.1, -0.05) is 18.2 Å². The van der Waals surface area contributed by atoms with Gasteiger partial charge in [-0.15, -0.1) is 11.3 Å². The number of Topliss-reactive ketones (excluding diaryl/α,β-unsaturated/α-hetero) is 1. The lowest BCUT2D eigenvalue weighted by atomic mass is 9.96. The number of amides is 1. The van der Waals surface area contributed by atoms with Crippen molar-refractivity contribution in [2.24, 2.45) is 0 Å². The van der Waals surface area contributed by atoms with Crippen molar-refractivity contribution >= 4 is 34.5 Å². The first kappa shape index (κ1) is 20.0. The van der Waals surface area contributed by atoms with Crippen LogP contribution in [0.5, 0.6) is 0 Å². The highest BCUT2D eigenvalue weighted by Crippen LogP contribution is 2.44. The molecule has 1 amide bonds. The first-order valence-electron chi connectivity index (χ1n) is 9.47. The van der Waals surface area contributed by atoms with Crippen LogP contribution in [0.4, 0.5) is 10.1 Å². The van der Waals surface area contributed by atoms with Crippen molar-refractivity contribution in [1.29, 1.82) is 0 Å². The third-order valence-electron chi connectivity index (χ3n) is 5.46. The van der Waals surface area contributed by atoms with E-state index in [9.17, 15) is 19.1 Å². The van der Waals surface area contributed by atoms with E-state index in [4.69, 9.17) is 0 Å². The highest BCUT2D eigenvalue weighted by molar-refractivity contribution is 7.10. The number of halogens is 1. The molecule has 1 saturated heterocycles. The maximum absolute atomic E-state index is 13.9. The first-order valence-corrected chi connectivity index (χ1v) is 10.4. The van der Waals surface area contributed by atoms with E-state index in [0.717, 1.165) is 21.6 Å². The van der Waals surface area contributed by atoms with Crippen LogP contribution in [0, 0.1) is 26.6 Å². The van der Waals surface area contributed by atoms with Gasteiger partial charge >= 0.3 is 0 Å². The van der Waals surface area contributed by atoms with Crippen LogP contribution >= 0.6 is 11.3 Å². The largest absolute Gasteiger partial charge is 0.507 e. The Hall–Kier alpha value is -3.25. The normalized spacial score (nSPS) is 18.3. The topological polar surface area (TPSA) is 57.6 Å². The number of hydrogen-bond acceptors (Lipinski definition) is 4. The number of carbonyl (C=O) groups excluding carboxylic acids is 2. The van der Waals surface area contributed by atoms with Crippen LogP contribution < -0.4 is 4.90 Å². The van der Waals surface area contributed by atoms with Crippen LogP contribution in [-0.4, -0.2) is 16.8 Å². The number of hydrogen-bond donors (Lipinski definition) is 1. The van der Waals surface area contributed by atoms with E-state index in [2.05, 4.69) is 0 Å². The number of anilines is 1. The Bertz CT molecular complexity index is 1210. The summed E-state index contributed by atoms with van der Waals surface area (Å²) < 4.78 is 13.9. The molecule has 0 radical (unpaired) electrons. The van der Waals surface area contributed by atoms with Gasteiger partial charge in [0, 0.05) is 16.1 Å². The number of aliphatic hydroxyl groups is 1. The quantitative estimate of drug-likeness (QED) is 0.348. The zero-order valence-corrected chi connectivity index (χ0v) is 17.6. The van der Waals surface area contributed by atoms with Gasteiger partial charge in [0.1, 0.15) is 17.6 Å². The number of thiophene rings is 1. The Labute approximate surface area is 177 Å². The van der Waals surface area contributed by atoms with Crippen molar-refractivity contribution in [3.05, 3.63) is 92.4 Å². The fourth-order valence-electron chi connectivity index (χ4n) is 3.68. The molecule has 1 N–H and O–H groups in total. The van der Waals surface area contributed by atoms with E-state index in [0.29, 0.717) is 5.56 Å². The fraction of sp³-hybridized carbons (Fsp3) is 0.167. The zero-order valence-electron chi connectivity index (χ0n) is 16.8. The van der Waals surface area contributed by atoms with Crippen LogP contribution in [0.2, 0.25) is 0 Å². The lowest BCUT2D eigenvalue weighted by Crippen LogP contribution is -2.29. The molecule has 1 aliphatic heterocycles. The lowest BCUT2D eigenvalue weighted by Gasteiger charge is -2.25. The van der Waals surface area contributed by atoms with Gasteiger partial charge in [0.15, 0.2) is 0 Å². The Kier molecular flexibility index (Phi) is 5.03. The van der Waals surface area contributed by atoms with Crippen molar-refractivity contribution in [2.75, 3.05) is 4.90 Å². The number of nitrogens with zero attached hydrogens (tertiary/aromatic N) is 1. The summed E-state index contributed by atoms with van der Waals surface area (Å²) in [6, 6.07) is 12.0. The molecule has 2 heterocycles. The highest BCUT2D eigenvalue weighted by Gasteiger charge is 2.48. The van der Waals surface area contributed by atoms with Crippen LogP contribution in [0.3, 0.4) is 0 Å². The van der Waals surface area contributed by atoms with Crippen molar-refractivity contribution < 1.29 is 19.1 Å². The Balaban J connectivity index is 1.97. The summed E-state index contributed by atoms with van der Waals surface area (Å²) in [6.07, 6.45) is 0. The third kappa shape index (κ3) is 3.23. The van der Waals surface area contributed by atoms with Gasteiger partial charge in [0.05, 0.1) is 5.57 Å². The van der Waals surface area contributed by atoms with Gasteiger partial charge in [0.25, 0.3) is 11.7 Å². The molecule has 1 aromatic heterocycles. The monoisotopic (exact) mass is 421 g/mol. The molecule has 4 rings (SSSR count). The molecular weight excluding hydrogens is 401 g/mol. The van der Waals surface area contributed by atoms with Gasteiger partial charge in [-0.25, -0.2) is 4.39 Å². The maximum Gasteiger partial charge on any atom is 0.300 e. The summed E-state index contributed by atoms with van der Waals surface area (Å²) in [6.45, 7) is 5.75. The lowest BCUT2D eigenvalue weighted by molar-refractivity contribution is -0.132. The molecule has 0 aliphatic carbocycles. The van der Waals surface area contributed by atoms with E-state index < -0.39 is 23.5 Å². The van der Waals surface area contributed by atoms with Crippen LogP contribution in [0.25, 0.3) is 5.76 Å². The van der Waals surface area contributed by atoms with Crippen LogP contribution in [-0.2, 0) is 9.59 Å². The minimum atomic E-state index is -0.826. The smallest absolute Gasteiger partial charge is 0.300 e. The van der Waals surface area contributed by atoms with E-state index in [-0.39, 0.29) is 17.0 Å². The number of rotatable bonds is 3. The summed E-state index contributed by atoms with van der Waals surface area (Å²) in [7, 11) is 0. The molecule has 30 heavy (non-hydrogen) atoms. The summed E-state index contributed by atoms with van der Waals surface area (Å²) in [4.78, 5) is 28.1. The van der Waals surface area contributed by atoms with Crippen molar-refractivity contribution in [2.45, 2.75) is 26.8 Å². The average Bonchev–Trinajstić information content (AvgIpc) is 3.24. The molecule has 0 bridgehead atoms. The summed E-state index contributed by atoms with van der Waals surface area (Å²) >= 11 is 1.39. The summed E-state index contributed by atoms with van der Waals surface area (Å²) in [5, 5.41) is 13.0. The highest BCUT2D eigenvalue weighted by atomic mass is 32.1. The van der Waals surface area contributed by atoms with E-state index in [1.165, 1.54) is 34.4 Å². The molecule has 152 valence electrons. The van der Waals surface area contributed by atoms with Gasteiger partial charge in [-0.05, 0) is 73.2 Å². The third-order valence-corrected chi connectivity index (χ3v) is 6.53. The van der Waals surface area contributed by atoms with Crippen LogP contribution in [0.1, 0.15) is 33.2 Å². The molecule has 2 aromatic carbocycles. The molecule has 1 unspecified atom stereocenters. The van der Waals surface area contributed by atoms with Gasteiger partial charge < -0.3 is 5.11 Å². The Morgan fingerprint density at radius 3 is 2.40 bits per heavy atom. The minimum absolute atomic E-state index is 0.0121. The van der Waals surface area contributed by atoms with E-state index in [1.54, 1.807) is 18.2 Å². The van der Waals surface area contributed by atoms with Gasteiger partial charge in [0.2, 0.25) is 0 Å². The molecule has 0 spiro atoms. The minimum Gasteiger partial charge on any atom is -0.507 e.